The summed E-state index contributed by atoms with van der Waals surface area (Å²) in [6, 6.07) is 5.79. The van der Waals surface area contributed by atoms with E-state index >= 15 is 0 Å². The van der Waals surface area contributed by atoms with Crippen LogP contribution in [0.25, 0.3) is 0 Å². The molecule has 3 nitrogen and oxygen atoms in total. The predicted molar refractivity (Wildman–Crippen MR) is 80.7 cm³/mol. The molecule has 0 fully saturated rings. The molecule has 0 aliphatic heterocycles. The van der Waals surface area contributed by atoms with E-state index in [-0.39, 0.29) is 12.0 Å². The highest BCUT2D eigenvalue weighted by atomic mass is 16.5. The lowest BCUT2D eigenvalue weighted by atomic mass is 9.93. The van der Waals surface area contributed by atoms with Crippen LogP contribution in [0.1, 0.15) is 38.3 Å². The van der Waals surface area contributed by atoms with Gasteiger partial charge in [-0.25, -0.2) is 0 Å². The highest BCUT2D eigenvalue weighted by Gasteiger charge is 2.09. The van der Waals surface area contributed by atoms with Gasteiger partial charge in [0.2, 0.25) is 0 Å². The van der Waals surface area contributed by atoms with Crippen molar-refractivity contribution >= 4 is 0 Å². The first-order chi connectivity index (χ1) is 9.46. The Hall–Kier alpha value is -1.50. The van der Waals surface area contributed by atoms with Crippen molar-refractivity contribution in [1.82, 2.24) is 0 Å². The summed E-state index contributed by atoms with van der Waals surface area (Å²) < 4.78 is 10.9. The van der Waals surface area contributed by atoms with Crippen LogP contribution in [-0.4, -0.2) is 25.4 Å². The van der Waals surface area contributed by atoms with Crippen LogP contribution in [0, 0.1) is 17.3 Å². The molecule has 20 heavy (non-hydrogen) atoms. The molecule has 1 N–H and O–H groups in total. The number of aliphatic hydroxyl groups is 1. The van der Waals surface area contributed by atoms with E-state index in [0.717, 1.165) is 24.2 Å². The summed E-state index contributed by atoms with van der Waals surface area (Å²) in [6.07, 6.45) is 1.03. The highest BCUT2D eigenvalue weighted by Crippen LogP contribution is 2.21. The molecular weight excluding hydrogens is 252 g/mol. The molecule has 0 aliphatic carbocycles. The van der Waals surface area contributed by atoms with Crippen LogP contribution in [0.4, 0.5) is 0 Å². The van der Waals surface area contributed by atoms with Crippen molar-refractivity contribution in [2.24, 2.45) is 5.41 Å². The molecule has 3 heteroatoms. The monoisotopic (exact) mass is 276 g/mol. The van der Waals surface area contributed by atoms with Crippen LogP contribution in [0.3, 0.4) is 0 Å². The van der Waals surface area contributed by atoms with Gasteiger partial charge >= 0.3 is 0 Å². The van der Waals surface area contributed by atoms with E-state index in [0.29, 0.717) is 12.4 Å². The van der Waals surface area contributed by atoms with E-state index in [1.54, 1.807) is 7.11 Å². The second kappa shape index (κ2) is 7.94. The lowest BCUT2D eigenvalue weighted by molar-refractivity contribution is 0.0962. The molecule has 0 unspecified atom stereocenters. The summed E-state index contributed by atoms with van der Waals surface area (Å²) in [5, 5.41) is 8.77. The SMILES string of the molecule is COc1ccc(COCCC(C)(C)C)cc1C#CCO. The van der Waals surface area contributed by atoms with Crippen molar-refractivity contribution < 1.29 is 14.6 Å². The number of aliphatic hydroxyl groups excluding tert-OH is 1. The topological polar surface area (TPSA) is 38.7 Å². The third-order valence-corrected chi connectivity index (χ3v) is 2.83. The number of rotatable bonds is 5. The Morgan fingerprint density at radius 3 is 2.60 bits per heavy atom. The van der Waals surface area contributed by atoms with Gasteiger partial charge in [0.15, 0.2) is 0 Å². The first kappa shape index (κ1) is 16.6. The zero-order chi connectivity index (χ0) is 15.0. The van der Waals surface area contributed by atoms with Crippen LogP contribution < -0.4 is 4.74 Å². The van der Waals surface area contributed by atoms with Gasteiger partial charge in [0.1, 0.15) is 12.4 Å². The average molecular weight is 276 g/mol. The van der Waals surface area contributed by atoms with Crippen LogP contribution in [0.2, 0.25) is 0 Å². The fraction of sp³-hybridized carbons (Fsp3) is 0.529. The van der Waals surface area contributed by atoms with Gasteiger partial charge in [-0.3, -0.25) is 0 Å². The van der Waals surface area contributed by atoms with Crippen molar-refractivity contribution in [2.45, 2.75) is 33.8 Å². The Balaban J connectivity index is 2.63. The summed E-state index contributed by atoms with van der Waals surface area (Å²) >= 11 is 0. The van der Waals surface area contributed by atoms with E-state index < -0.39 is 0 Å². The Bertz CT molecular complexity index is 475. The maximum atomic E-state index is 8.77. The number of hydrogen-bond acceptors (Lipinski definition) is 3. The zero-order valence-corrected chi connectivity index (χ0v) is 12.8. The average Bonchev–Trinajstić information content (AvgIpc) is 2.40. The van der Waals surface area contributed by atoms with E-state index in [2.05, 4.69) is 32.6 Å². The fourth-order valence-corrected chi connectivity index (χ4v) is 1.65. The quantitative estimate of drug-likeness (QED) is 0.664. The molecule has 0 amide bonds. The van der Waals surface area contributed by atoms with E-state index in [9.17, 15) is 0 Å². The van der Waals surface area contributed by atoms with Gasteiger partial charge in [-0.2, -0.15) is 0 Å². The van der Waals surface area contributed by atoms with Gasteiger partial charge in [0.25, 0.3) is 0 Å². The lowest BCUT2D eigenvalue weighted by Crippen LogP contribution is -2.09. The van der Waals surface area contributed by atoms with Gasteiger partial charge in [-0.15, -0.1) is 0 Å². The Labute approximate surface area is 121 Å². The van der Waals surface area contributed by atoms with Gasteiger partial charge in [-0.05, 0) is 29.5 Å². The smallest absolute Gasteiger partial charge is 0.134 e. The summed E-state index contributed by atoms with van der Waals surface area (Å²) in [4.78, 5) is 0. The maximum absolute atomic E-state index is 8.77. The van der Waals surface area contributed by atoms with Crippen molar-refractivity contribution in [1.29, 1.82) is 0 Å². The molecule has 1 aromatic carbocycles. The number of benzene rings is 1. The van der Waals surface area contributed by atoms with Gasteiger partial charge in [-0.1, -0.05) is 38.7 Å². The van der Waals surface area contributed by atoms with Crippen LogP contribution in [0.5, 0.6) is 5.75 Å². The number of ether oxygens (including phenoxy) is 2. The van der Waals surface area contributed by atoms with Crippen molar-refractivity contribution in [3.63, 3.8) is 0 Å². The highest BCUT2D eigenvalue weighted by molar-refractivity contribution is 5.48. The Kier molecular flexibility index (Phi) is 6.57. The second-order valence-electron chi connectivity index (χ2n) is 5.86. The summed E-state index contributed by atoms with van der Waals surface area (Å²) in [5.41, 5.74) is 2.12. The molecule has 0 atom stereocenters. The van der Waals surface area contributed by atoms with Gasteiger partial charge < -0.3 is 14.6 Å². The molecule has 0 spiro atoms. The molecule has 1 rings (SSSR count). The standard InChI is InChI=1S/C17H24O3/c1-17(2,3)9-11-20-13-14-7-8-16(19-4)15(12-14)6-5-10-18/h7-8,12,18H,9-11,13H2,1-4H3. The van der Waals surface area contributed by atoms with Crippen LogP contribution in [-0.2, 0) is 11.3 Å². The first-order valence-corrected chi connectivity index (χ1v) is 6.80. The van der Waals surface area contributed by atoms with Crippen LogP contribution in [0.15, 0.2) is 18.2 Å². The van der Waals surface area contributed by atoms with E-state index in [1.165, 1.54) is 0 Å². The molecule has 0 bridgehead atoms. The molecule has 0 radical (unpaired) electrons. The molecule has 0 aliphatic rings. The third-order valence-electron chi connectivity index (χ3n) is 2.83. The van der Waals surface area contributed by atoms with Crippen molar-refractivity contribution in [3.8, 4) is 17.6 Å². The van der Waals surface area contributed by atoms with Gasteiger partial charge in [0.05, 0.1) is 19.3 Å². The van der Waals surface area contributed by atoms with Crippen molar-refractivity contribution in [2.75, 3.05) is 20.3 Å². The molecule has 0 saturated heterocycles. The first-order valence-electron chi connectivity index (χ1n) is 6.80. The minimum atomic E-state index is -0.157. The minimum absolute atomic E-state index is 0.157. The van der Waals surface area contributed by atoms with E-state index in [4.69, 9.17) is 14.6 Å². The zero-order valence-electron chi connectivity index (χ0n) is 12.8. The van der Waals surface area contributed by atoms with Gasteiger partial charge in [0, 0.05) is 6.61 Å². The third kappa shape index (κ3) is 6.10. The fourth-order valence-electron chi connectivity index (χ4n) is 1.65. The predicted octanol–water partition coefficient (Wildman–Crippen LogP) is 2.99. The second-order valence-corrected chi connectivity index (χ2v) is 5.86. The Morgan fingerprint density at radius 1 is 1.25 bits per heavy atom. The number of methoxy groups -OCH3 is 1. The number of hydrogen-bond donors (Lipinski definition) is 1. The van der Waals surface area contributed by atoms with E-state index in [1.807, 2.05) is 18.2 Å². The minimum Gasteiger partial charge on any atom is -0.495 e. The molecule has 0 aromatic heterocycles. The maximum Gasteiger partial charge on any atom is 0.134 e. The summed E-state index contributed by atoms with van der Waals surface area (Å²) in [7, 11) is 1.61. The molecule has 110 valence electrons. The molecule has 0 heterocycles. The van der Waals surface area contributed by atoms with Crippen molar-refractivity contribution in [3.05, 3.63) is 29.3 Å². The lowest BCUT2D eigenvalue weighted by Gasteiger charge is -2.17. The molecule has 0 saturated carbocycles. The summed E-state index contributed by atoms with van der Waals surface area (Å²) in [5.74, 6) is 6.24. The normalized spacial score (nSPS) is 10.8. The largest absolute Gasteiger partial charge is 0.495 e. The summed E-state index contributed by atoms with van der Waals surface area (Å²) in [6.45, 7) is 7.75. The Morgan fingerprint density at radius 2 is 2.00 bits per heavy atom. The molecular formula is C17H24O3. The van der Waals surface area contributed by atoms with Crippen LogP contribution >= 0.6 is 0 Å². The molecule has 1 aromatic rings.